The van der Waals surface area contributed by atoms with Gasteiger partial charge in [-0.1, -0.05) is 46.8 Å². The molecule has 1 saturated heterocycles. The van der Waals surface area contributed by atoms with Crippen molar-refractivity contribution in [2.75, 3.05) is 6.61 Å². The van der Waals surface area contributed by atoms with Crippen LogP contribution in [0.3, 0.4) is 0 Å². The number of carbonyl (C=O) groups excluding carboxylic acids is 5. The van der Waals surface area contributed by atoms with Gasteiger partial charge in [0, 0.05) is 36.2 Å². The minimum atomic E-state index is -2.17. The molecule has 1 aromatic rings. The van der Waals surface area contributed by atoms with Crippen LogP contribution in [0.2, 0.25) is 0 Å². The summed E-state index contributed by atoms with van der Waals surface area (Å²) < 4.78 is 34.4. The zero-order valence-corrected chi connectivity index (χ0v) is 28.0. The molecule has 0 spiro atoms. The molecular formula is C35H44O13. The Hall–Kier alpha value is -3.97. The molecule has 13 nitrogen and oxygen atoms in total. The lowest BCUT2D eigenvalue weighted by Gasteiger charge is -2.61. The molecule has 4 aliphatic rings. The fourth-order valence-electron chi connectivity index (χ4n) is 8.93. The van der Waals surface area contributed by atoms with Crippen molar-refractivity contribution in [2.45, 2.75) is 102 Å². The highest BCUT2D eigenvalue weighted by Crippen LogP contribution is 2.69. The number of esters is 4. The fourth-order valence-corrected chi connectivity index (χ4v) is 8.93. The second-order valence-corrected chi connectivity index (χ2v) is 14.2. The largest absolute Gasteiger partial charge is 0.472 e. The van der Waals surface area contributed by atoms with Crippen LogP contribution in [0.1, 0.15) is 72.3 Å². The first-order valence-electron chi connectivity index (χ1n) is 16.2. The van der Waals surface area contributed by atoms with Crippen molar-refractivity contribution < 1.29 is 62.3 Å². The van der Waals surface area contributed by atoms with E-state index in [0.29, 0.717) is 12.0 Å². The number of fused-ring (bicyclic) bond motifs is 2. The molecule has 2 saturated carbocycles. The van der Waals surface area contributed by atoms with Gasteiger partial charge in [-0.25, -0.2) is 9.59 Å². The van der Waals surface area contributed by atoms with Crippen molar-refractivity contribution in [1.29, 1.82) is 0 Å². The van der Waals surface area contributed by atoms with Gasteiger partial charge in [-0.05, 0) is 36.5 Å². The van der Waals surface area contributed by atoms with Crippen LogP contribution in [0.4, 0.5) is 0 Å². The molecule has 3 heterocycles. The van der Waals surface area contributed by atoms with Crippen LogP contribution in [0, 0.1) is 28.6 Å². The highest BCUT2D eigenvalue weighted by atomic mass is 16.6. The van der Waals surface area contributed by atoms with Gasteiger partial charge < -0.3 is 38.3 Å². The molecule has 0 amide bonds. The standard InChI is InChI=1S/C35H44O13/c1-8-18(2)28(40)31(41)47-30-29(45-17-36)27(32(5)11-9-25(38)48-33(6)16-44-26(39)14-23(32)33)19(3)35(42)24(46-20(4)37)13-22(34(30,35)7)21-10-12-43-15-21/h9-12,15,17-18,22-24,27-30,40,42H,3,8,13-14,16H2,1-2,4-7H3/t18-,22+,23-,24-,27-,28-,29-,30+,32+,33-,34-,35-/m1/s1. The third-order valence-electron chi connectivity index (χ3n) is 11.6. The van der Waals surface area contributed by atoms with E-state index in [1.54, 1.807) is 40.7 Å². The van der Waals surface area contributed by atoms with E-state index in [1.807, 2.05) is 0 Å². The van der Waals surface area contributed by atoms with Crippen LogP contribution in [0.25, 0.3) is 0 Å². The maximum absolute atomic E-state index is 13.7. The number of ether oxygens (including phenoxy) is 5. The maximum atomic E-state index is 13.7. The molecule has 0 bridgehead atoms. The summed E-state index contributed by atoms with van der Waals surface area (Å²) >= 11 is 0. The summed E-state index contributed by atoms with van der Waals surface area (Å²) in [5.74, 6) is -6.21. The quantitative estimate of drug-likeness (QED) is 0.169. The summed E-state index contributed by atoms with van der Waals surface area (Å²) in [7, 11) is 0. The van der Waals surface area contributed by atoms with Crippen LogP contribution in [0.15, 0.2) is 47.3 Å². The monoisotopic (exact) mass is 672 g/mol. The number of hydrogen-bond donors (Lipinski definition) is 2. The summed E-state index contributed by atoms with van der Waals surface area (Å²) in [5.41, 5.74) is -5.87. The number of cyclic esters (lactones) is 1. The summed E-state index contributed by atoms with van der Waals surface area (Å²) in [6.45, 7) is 13.9. The van der Waals surface area contributed by atoms with Crippen molar-refractivity contribution in [3.63, 3.8) is 0 Å². The molecule has 48 heavy (non-hydrogen) atoms. The van der Waals surface area contributed by atoms with Crippen molar-refractivity contribution in [3.05, 3.63) is 48.5 Å². The Balaban J connectivity index is 1.79. The Morgan fingerprint density at radius 3 is 2.52 bits per heavy atom. The molecule has 1 aromatic heterocycles. The van der Waals surface area contributed by atoms with Gasteiger partial charge in [-0.3, -0.25) is 14.4 Å². The average Bonchev–Trinajstić information content (AvgIpc) is 3.62. The number of aliphatic hydroxyl groups excluding tert-OH is 1. The number of allylic oxidation sites excluding steroid dienone is 1. The van der Waals surface area contributed by atoms with Gasteiger partial charge in [-0.2, -0.15) is 0 Å². The summed E-state index contributed by atoms with van der Waals surface area (Å²) in [6, 6.07) is 1.67. The molecule has 2 aliphatic carbocycles. The molecule has 0 unspecified atom stereocenters. The fraction of sp³-hybridized carbons (Fsp3) is 0.629. The zero-order chi connectivity index (χ0) is 35.4. The number of hydrogen-bond acceptors (Lipinski definition) is 13. The second kappa shape index (κ2) is 12.5. The zero-order valence-electron chi connectivity index (χ0n) is 28.0. The molecule has 12 atom stereocenters. The topological polar surface area (TPSA) is 185 Å². The Kier molecular flexibility index (Phi) is 9.19. The number of carbonyl (C=O) groups is 5. The minimum Gasteiger partial charge on any atom is -0.472 e. The van der Waals surface area contributed by atoms with Gasteiger partial charge in [0.2, 0.25) is 0 Å². The van der Waals surface area contributed by atoms with E-state index < -0.39 is 94.0 Å². The normalized spacial score (nSPS) is 40.3. The minimum absolute atomic E-state index is 0.0231. The van der Waals surface area contributed by atoms with Crippen LogP contribution < -0.4 is 0 Å². The smallest absolute Gasteiger partial charge is 0.335 e. The highest BCUT2D eigenvalue weighted by Gasteiger charge is 2.77. The third-order valence-corrected chi connectivity index (χ3v) is 11.6. The molecule has 13 heteroatoms. The first kappa shape index (κ1) is 35.3. The first-order chi connectivity index (χ1) is 22.5. The molecule has 5 rings (SSSR count). The Labute approximate surface area is 278 Å². The Morgan fingerprint density at radius 2 is 1.92 bits per heavy atom. The highest BCUT2D eigenvalue weighted by molar-refractivity contribution is 5.83. The Bertz CT molecular complexity index is 1500. The molecule has 0 aromatic carbocycles. The summed E-state index contributed by atoms with van der Waals surface area (Å²) in [4.78, 5) is 64.4. The predicted molar refractivity (Wildman–Crippen MR) is 164 cm³/mol. The van der Waals surface area contributed by atoms with Crippen molar-refractivity contribution in [2.24, 2.45) is 28.6 Å². The van der Waals surface area contributed by atoms with Gasteiger partial charge >= 0.3 is 23.9 Å². The van der Waals surface area contributed by atoms with Crippen molar-refractivity contribution >= 4 is 30.3 Å². The number of rotatable bonds is 9. The first-order valence-corrected chi connectivity index (χ1v) is 16.2. The molecule has 262 valence electrons. The van der Waals surface area contributed by atoms with Crippen LogP contribution in [-0.4, -0.2) is 82.8 Å². The van der Waals surface area contributed by atoms with E-state index in [-0.39, 0.29) is 31.5 Å². The molecule has 0 radical (unpaired) electrons. The average molecular weight is 673 g/mol. The summed E-state index contributed by atoms with van der Waals surface area (Å²) in [6.07, 6.45) is 0.145. The van der Waals surface area contributed by atoms with Gasteiger partial charge in [-0.15, -0.1) is 0 Å². The summed E-state index contributed by atoms with van der Waals surface area (Å²) in [5, 5.41) is 24.2. The van der Waals surface area contributed by atoms with E-state index in [1.165, 1.54) is 31.6 Å². The lowest BCUT2D eigenvalue weighted by molar-refractivity contribution is -0.243. The van der Waals surface area contributed by atoms with E-state index in [0.717, 1.165) is 0 Å². The van der Waals surface area contributed by atoms with E-state index >= 15 is 0 Å². The molecule has 2 N–H and O–H groups in total. The van der Waals surface area contributed by atoms with Gasteiger partial charge in [0.1, 0.15) is 36.1 Å². The third kappa shape index (κ3) is 5.26. The van der Waals surface area contributed by atoms with Crippen molar-refractivity contribution in [3.8, 4) is 0 Å². The molecule has 2 aliphatic heterocycles. The lowest BCUT2D eigenvalue weighted by atomic mass is 9.47. The number of furan rings is 1. The van der Waals surface area contributed by atoms with Crippen LogP contribution in [-0.2, 0) is 47.7 Å². The number of aliphatic hydroxyl groups is 2. The SMILES string of the molecule is C=C1[C@@H]([C@@]2(C)C=CC(=O)O[C@]3(C)COC(=O)C[C@H]23)[C@@H](OC=O)[C@H](OC(=O)[C@H](O)[C@H](C)CC)[C@@]2(C)[C@H](c3ccoc3)C[C@@H](OC(C)=O)[C@]12O. The molecule has 3 fully saturated rings. The van der Waals surface area contributed by atoms with Crippen molar-refractivity contribution in [1.82, 2.24) is 0 Å². The predicted octanol–water partition coefficient (Wildman–Crippen LogP) is 2.92. The van der Waals surface area contributed by atoms with Crippen LogP contribution >= 0.6 is 0 Å². The second-order valence-electron chi connectivity index (χ2n) is 14.2. The maximum Gasteiger partial charge on any atom is 0.335 e. The van der Waals surface area contributed by atoms with E-state index in [4.69, 9.17) is 28.1 Å². The van der Waals surface area contributed by atoms with Crippen LogP contribution in [0.5, 0.6) is 0 Å². The van der Waals surface area contributed by atoms with Gasteiger partial charge in [0.25, 0.3) is 6.47 Å². The van der Waals surface area contributed by atoms with Gasteiger partial charge in [0.15, 0.2) is 6.10 Å². The van der Waals surface area contributed by atoms with Gasteiger partial charge in [0.05, 0.1) is 24.4 Å². The molecular weight excluding hydrogens is 628 g/mol. The van der Waals surface area contributed by atoms with E-state index in [2.05, 4.69) is 6.58 Å². The lowest BCUT2D eigenvalue weighted by Crippen LogP contribution is -2.71. The Morgan fingerprint density at radius 1 is 1.21 bits per heavy atom. The van der Waals surface area contributed by atoms with E-state index in [9.17, 15) is 34.2 Å².